The van der Waals surface area contributed by atoms with E-state index in [0.29, 0.717) is 25.8 Å². The van der Waals surface area contributed by atoms with Crippen molar-refractivity contribution < 1.29 is 14.7 Å². The fraction of sp³-hybridized carbons (Fsp3) is 0. The van der Waals surface area contributed by atoms with Crippen LogP contribution >= 0.6 is 35.0 Å². The number of aromatic nitrogens is 1. The summed E-state index contributed by atoms with van der Waals surface area (Å²) in [4.78, 5) is 28.3. The van der Waals surface area contributed by atoms with Gasteiger partial charge in [0.15, 0.2) is 5.17 Å². The standard InChI is InChI=1S/C21H13Cl2N3O3S/c22-15-4-1-5-16(18(15)23)24-21-25-19(27)17(30-21)11-14-3-2-10-26(14)13-8-6-12(7-9-13)20(28)29/h1-11H,(H,28,29)(H,24,25,27)/b17-11+. The van der Waals surface area contributed by atoms with Crippen LogP contribution in [0.1, 0.15) is 16.1 Å². The van der Waals surface area contributed by atoms with Crippen molar-refractivity contribution in [2.24, 2.45) is 4.99 Å². The summed E-state index contributed by atoms with van der Waals surface area (Å²) in [6.45, 7) is 0. The van der Waals surface area contributed by atoms with Gasteiger partial charge in [0.1, 0.15) is 0 Å². The second-order valence-electron chi connectivity index (χ2n) is 6.21. The van der Waals surface area contributed by atoms with E-state index in [1.165, 1.54) is 23.9 Å². The third-order valence-corrected chi connectivity index (χ3v) is 5.97. The molecule has 1 aromatic heterocycles. The Kier molecular flexibility index (Phi) is 5.67. The summed E-state index contributed by atoms with van der Waals surface area (Å²) >= 11 is 13.4. The first-order valence-corrected chi connectivity index (χ1v) is 10.2. The lowest BCUT2D eigenvalue weighted by Gasteiger charge is -2.07. The van der Waals surface area contributed by atoms with Gasteiger partial charge in [0.25, 0.3) is 5.91 Å². The molecule has 2 heterocycles. The summed E-state index contributed by atoms with van der Waals surface area (Å²) in [6, 6.07) is 15.3. The fourth-order valence-corrected chi connectivity index (χ4v) is 3.97. The van der Waals surface area contributed by atoms with Crippen LogP contribution in [0.25, 0.3) is 11.8 Å². The van der Waals surface area contributed by atoms with Crippen LogP contribution in [0.5, 0.6) is 0 Å². The number of amides is 1. The number of benzene rings is 2. The molecule has 1 saturated heterocycles. The minimum absolute atomic E-state index is 0.206. The molecule has 1 aliphatic heterocycles. The number of nitrogens with zero attached hydrogens (tertiary/aromatic N) is 2. The molecule has 0 bridgehead atoms. The molecule has 30 heavy (non-hydrogen) atoms. The van der Waals surface area contributed by atoms with E-state index in [0.717, 1.165) is 11.4 Å². The van der Waals surface area contributed by atoms with Crippen molar-refractivity contribution in [2.75, 3.05) is 0 Å². The number of carboxylic acids is 1. The van der Waals surface area contributed by atoms with E-state index >= 15 is 0 Å². The van der Waals surface area contributed by atoms with Crippen molar-refractivity contribution in [2.45, 2.75) is 0 Å². The molecule has 6 nitrogen and oxygen atoms in total. The third kappa shape index (κ3) is 4.14. The molecule has 1 fully saturated rings. The van der Waals surface area contributed by atoms with Gasteiger partial charge in [0.2, 0.25) is 0 Å². The molecule has 0 aliphatic carbocycles. The second kappa shape index (κ2) is 8.39. The zero-order valence-electron chi connectivity index (χ0n) is 15.2. The predicted molar refractivity (Wildman–Crippen MR) is 120 cm³/mol. The van der Waals surface area contributed by atoms with Crippen molar-refractivity contribution >= 4 is 63.8 Å². The molecule has 0 unspecified atom stereocenters. The van der Waals surface area contributed by atoms with E-state index < -0.39 is 5.97 Å². The molecule has 0 spiro atoms. The Hall–Kier alpha value is -3.00. The fourth-order valence-electron chi connectivity index (χ4n) is 2.81. The lowest BCUT2D eigenvalue weighted by molar-refractivity contribution is -0.115. The number of amidine groups is 1. The first-order valence-electron chi connectivity index (χ1n) is 8.67. The van der Waals surface area contributed by atoms with Crippen LogP contribution in [-0.2, 0) is 4.79 Å². The number of aliphatic imine (C=N–C) groups is 1. The Bertz CT molecular complexity index is 1220. The van der Waals surface area contributed by atoms with Crippen LogP contribution in [0.2, 0.25) is 10.0 Å². The first-order chi connectivity index (χ1) is 14.4. The minimum atomic E-state index is -0.984. The van der Waals surface area contributed by atoms with E-state index in [1.807, 2.05) is 22.9 Å². The molecule has 1 amide bonds. The maximum Gasteiger partial charge on any atom is 0.335 e. The average molecular weight is 458 g/mol. The Labute approximate surface area is 185 Å². The Balaban J connectivity index is 1.61. The molecule has 9 heteroatoms. The molecule has 0 radical (unpaired) electrons. The number of halogens is 2. The number of rotatable bonds is 4. The predicted octanol–water partition coefficient (Wildman–Crippen LogP) is 5.37. The van der Waals surface area contributed by atoms with Crippen LogP contribution in [0, 0.1) is 0 Å². The number of nitrogens with one attached hydrogen (secondary N) is 1. The Morgan fingerprint density at radius 1 is 1.10 bits per heavy atom. The van der Waals surface area contributed by atoms with Gasteiger partial charge in [0, 0.05) is 17.6 Å². The van der Waals surface area contributed by atoms with Crippen LogP contribution in [0.3, 0.4) is 0 Å². The van der Waals surface area contributed by atoms with Crippen molar-refractivity contribution in [1.82, 2.24) is 9.88 Å². The molecule has 150 valence electrons. The van der Waals surface area contributed by atoms with Gasteiger partial charge in [-0.25, -0.2) is 9.79 Å². The molecule has 4 rings (SSSR count). The maximum atomic E-state index is 12.4. The minimum Gasteiger partial charge on any atom is -0.478 e. The molecular weight excluding hydrogens is 445 g/mol. The van der Waals surface area contributed by atoms with E-state index in [2.05, 4.69) is 10.3 Å². The van der Waals surface area contributed by atoms with E-state index in [-0.39, 0.29) is 11.5 Å². The quantitative estimate of drug-likeness (QED) is 0.515. The monoisotopic (exact) mass is 457 g/mol. The highest BCUT2D eigenvalue weighted by atomic mass is 35.5. The Morgan fingerprint density at radius 2 is 1.87 bits per heavy atom. The van der Waals surface area contributed by atoms with Gasteiger partial charge in [-0.1, -0.05) is 29.3 Å². The van der Waals surface area contributed by atoms with Gasteiger partial charge in [0.05, 0.1) is 26.2 Å². The van der Waals surface area contributed by atoms with E-state index in [1.54, 1.807) is 36.4 Å². The summed E-state index contributed by atoms with van der Waals surface area (Å²) < 4.78 is 1.86. The van der Waals surface area contributed by atoms with Gasteiger partial charge in [-0.3, -0.25) is 4.79 Å². The first kappa shape index (κ1) is 20.3. The average Bonchev–Trinajstić information content (AvgIpc) is 3.32. The van der Waals surface area contributed by atoms with E-state index in [9.17, 15) is 9.59 Å². The van der Waals surface area contributed by atoms with Gasteiger partial charge in [-0.05, 0) is 66.4 Å². The van der Waals surface area contributed by atoms with Crippen molar-refractivity contribution in [3.63, 3.8) is 0 Å². The van der Waals surface area contributed by atoms with Crippen LogP contribution in [0.15, 0.2) is 70.7 Å². The van der Waals surface area contributed by atoms with Crippen LogP contribution in [0.4, 0.5) is 5.69 Å². The number of hydrogen-bond donors (Lipinski definition) is 2. The zero-order valence-corrected chi connectivity index (χ0v) is 17.5. The van der Waals surface area contributed by atoms with Crippen molar-refractivity contribution in [3.05, 3.63) is 87.0 Å². The summed E-state index contributed by atoms with van der Waals surface area (Å²) in [5.41, 5.74) is 2.21. The maximum absolute atomic E-state index is 12.4. The third-order valence-electron chi connectivity index (χ3n) is 4.26. The molecule has 3 aromatic rings. The van der Waals surface area contributed by atoms with Crippen molar-refractivity contribution in [3.8, 4) is 5.69 Å². The smallest absolute Gasteiger partial charge is 0.335 e. The summed E-state index contributed by atoms with van der Waals surface area (Å²) in [5, 5.41) is 12.9. The molecular formula is C21H13Cl2N3O3S. The lowest BCUT2D eigenvalue weighted by atomic mass is 10.2. The number of thioether (sulfide) groups is 1. The zero-order chi connectivity index (χ0) is 21.3. The van der Waals surface area contributed by atoms with E-state index in [4.69, 9.17) is 28.3 Å². The number of carbonyl (C=O) groups is 2. The SMILES string of the molecule is O=C1NC(=Nc2cccc(Cl)c2Cl)S/C1=C/c1cccn1-c1ccc(C(=O)O)cc1. The van der Waals surface area contributed by atoms with Crippen LogP contribution < -0.4 is 5.32 Å². The summed E-state index contributed by atoms with van der Waals surface area (Å²) in [5.74, 6) is -1.26. The molecule has 1 aliphatic rings. The largest absolute Gasteiger partial charge is 0.478 e. The highest BCUT2D eigenvalue weighted by molar-refractivity contribution is 8.18. The lowest BCUT2D eigenvalue weighted by Crippen LogP contribution is -2.19. The normalized spacial score (nSPS) is 16.3. The Morgan fingerprint density at radius 3 is 2.60 bits per heavy atom. The topological polar surface area (TPSA) is 83.7 Å². The number of aromatic carboxylic acids is 1. The number of carbonyl (C=O) groups excluding carboxylic acids is 1. The van der Waals surface area contributed by atoms with Gasteiger partial charge >= 0.3 is 5.97 Å². The highest BCUT2D eigenvalue weighted by Gasteiger charge is 2.24. The molecule has 0 atom stereocenters. The number of hydrogen-bond acceptors (Lipinski definition) is 4. The highest BCUT2D eigenvalue weighted by Crippen LogP contribution is 2.34. The second-order valence-corrected chi connectivity index (χ2v) is 8.03. The van der Waals surface area contributed by atoms with Crippen molar-refractivity contribution in [1.29, 1.82) is 0 Å². The molecule has 0 saturated carbocycles. The summed E-state index contributed by atoms with van der Waals surface area (Å²) in [6.07, 6.45) is 3.58. The molecule has 2 aromatic carbocycles. The number of carboxylic acid groups (broad SMARTS) is 1. The molecule has 2 N–H and O–H groups in total. The van der Waals surface area contributed by atoms with Gasteiger partial charge in [-0.2, -0.15) is 0 Å². The summed E-state index contributed by atoms with van der Waals surface area (Å²) in [7, 11) is 0. The van der Waals surface area contributed by atoms with Crippen LogP contribution in [-0.4, -0.2) is 26.7 Å². The van der Waals surface area contributed by atoms with Gasteiger partial charge < -0.3 is 15.0 Å². The van der Waals surface area contributed by atoms with Gasteiger partial charge in [-0.15, -0.1) is 0 Å².